The fourth-order valence-corrected chi connectivity index (χ4v) is 3.45. The maximum absolute atomic E-state index is 6.01. The van der Waals surface area contributed by atoms with Gasteiger partial charge in [-0.15, -0.1) is 11.3 Å². The van der Waals surface area contributed by atoms with E-state index in [1.165, 1.54) is 28.5 Å². The van der Waals surface area contributed by atoms with Crippen molar-refractivity contribution >= 4 is 16.5 Å². The number of aryl methyl sites for hydroxylation is 1. The summed E-state index contributed by atoms with van der Waals surface area (Å²) in [6.07, 6.45) is 3.56. The van der Waals surface area contributed by atoms with Crippen LogP contribution >= 0.6 is 11.3 Å². The van der Waals surface area contributed by atoms with E-state index in [-0.39, 0.29) is 6.04 Å². The Kier molecular flexibility index (Phi) is 4.05. The minimum atomic E-state index is 0.111. The third-order valence-corrected chi connectivity index (χ3v) is 4.88. The zero-order valence-electron chi connectivity index (χ0n) is 11.1. The van der Waals surface area contributed by atoms with Crippen LogP contribution in [-0.4, -0.2) is 18.1 Å². The lowest BCUT2D eigenvalue weighted by molar-refractivity contribution is 0.438. The van der Waals surface area contributed by atoms with Crippen molar-refractivity contribution < 1.29 is 0 Å². The molecule has 0 bridgehead atoms. The lowest BCUT2D eigenvalue weighted by Gasteiger charge is -2.29. The minimum Gasteiger partial charge on any atom is -0.348 e. The van der Waals surface area contributed by atoms with Gasteiger partial charge in [0.05, 0.1) is 5.69 Å². The van der Waals surface area contributed by atoms with E-state index in [1.807, 2.05) is 0 Å². The Hall–Kier alpha value is -0.610. The summed E-state index contributed by atoms with van der Waals surface area (Å²) in [4.78, 5) is 8.45. The summed E-state index contributed by atoms with van der Waals surface area (Å²) in [5.41, 5.74) is 7.20. The number of anilines is 1. The molecular formula is C13H23N3S. The Morgan fingerprint density at radius 2 is 2.12 bits per heavy atom. The summed E-state index contributed by atoms with van der Waals surface area (Å²) in [5.74, 6) is 0.866. The fourth-order valence-electron chi connectivity index (χ4n) is 2.29. The molecule has 96 valence electrons. The van der Waals surface area contributed by atoms with Crippen molar-refractivity contribution in [3.63, 3.8) is 0 Å². The quantitative estimate of drug-likeness (QED) is 0.900. The second-order valence-electron chi connectivity index (χ2n) is 5.12. The number of thiazole rings is 1. The van der Waals surface area contributed by atoms with Gasteiger partial charge < -0.3 is 10.6 Å². The first-order chi connectivity index (χ1) is 8.11. The number of hydrogen-bond donors (Lipinski definition) is 1. The van der Waals surface area contributed by atoms with Crippen molar-refractivity contribution in [1.82, 2.24) is 4.98 Å². The summed E-state index contributed by atoms with van der Waals surface area (Å²) in [6.45, 7) is 8.84. The number of rotatable bonds is 3. The topological polar surface area (TPSA) is 42.2 Å². The zero-order valence-corrected chi connectivity index (χ0v) is 11.9. The average molecular weight is 253 g/mol. The van der Waals surface area contributed by atoms with Crippen molar-refractivity contribution in [2.45, 2.75) is 46.1 Å². The molecule has 2 heterocycles. The lowest BCUT2D eigenvalue weighted by Crippen LogP contribution is -2.32. The van der Waals surface area contributed by atoms with E-state index in [1.54, 1.807) is 11.3 Å². The van der Waals surface area contributed by atoms with Gasteiger partial charge in [-0.1, -0.05) is 13.8 Å². The molecule has 0 saturated carbocycles. The van der Waals surface area contributed by atoms with E-state index in [4.69, 9.17) is 10.7 Å². The van der Waals surface area contributed by atoms with Crippen LogP contribution in [0.5, 0.6) is 0 Å². The van der Waals surface area contributed by atoms with Crippen LogP contribution in [0.3, 0.4) is 0 Å². The van der Waals surface area contributed by atoms with Gasteiger partial charge in [0.15, 0.2) is 5.13 Å². The normalized spacial score (nSPS) is 19.6. The van der Waals surface area contributed by atoms with Crippen molar-refractivity contribution in [3.8, 4) is 0 Å². The van der Waals surface area contributed by atoms with Gasteiger partial charge in [0.25, 0.3) is 0 Å². The predicted molar refractivity (Wildman–Crippen MR) is 74.7 cm³/mol. The van der Waals surface area contributed by atoms with Crippen LogP contribution in [0.4, 0.5) is 5.13 Å². The second-order valence-corrected chi connectivity index (χ2v) is 6.13. The molecule has 1 aliphatic rings. The molecule has 1 aliphatic heterocycles. The highest BCUT2D eigenvalue weighted by molar-refractivity contribution is 7.15. The van der Waals surface area contributed by atoms with Crippen LogP contribution in [-0.2, 0) is 6.42 Å². The Balaban J connectivity index is 2.16. The molecule has 1 saturated heterocycles. The van der Waals surface area contributed by atoms with E-state index in [9.17, 15) is 0 Å². The van der Waals surface area contributed by atoms with Crippen LogP contribution in [0.15, 0.2) is 0 Å². The molecule has 2 N–H and O–H groups in total. The summed E-state index contributed by atoms with van der Waals surface area (Å²) in [6, 6.07) is 0.111. The molecule has 0 spiro atoms. The molecule has 1 atom stereocenters. The first-order valence-corrected chi connectivity index (χ1v) is 7.43. The van der Waals surface area contributed by atoms with Gasteiger partial charge in [0.2, 0.25) is 0 Å². The SMILES string of the molecule is CCc1nc(N2CCC(C)CC2)sc1C(C)N. The molecule has 1 aromatic heterocycles. The van der Waals surface area contributed by atoms with Crippen LogP contribution in [0, 0.1) is 5.92 Å². The van der Waals surface area contributed by atoms with Gasteiger partial charge in [-0.25, -0.2) is 4.98 Å². The third-order valence-electron chi connectivity index (χ3n) is 3.52. The van der Waals surface area contributed by atoms with E-state index in [0.29, 0.717) is 0 Å². The van der Waals surface area contributed by atoms with Crippen molar-refractivity contribution in [2.75, 3.05) is 18.0 Å². The van der Waals surface area contributed by atoms with Crippen LogP contribution in [0.25, 0.3) is 0 Å². The second kappa shape index (κ2) is 5.36. The molecule has 17 heavy (non-hydrogen) atoms. The first kappa shape index (κ1) is 12.8. The van der Waals surface area contributed by atoms with Crippen molar-refractivity contribution in [1.29, 1.82) is 0 Å². The van der Waals surface area contributed by atoms with E-state index in [0.717, 1.165) is 25.4 Å². The number of aromatic nitrogens is 1. The molecule has 0 amide bonds. The van der Waals surface area contributed by atoms with E-state index in [2.05, 4.69) is 25.7 Å². The minimum absolute atomic E-state index is 0.111. The molecule has 0 radical (unpaired) electrons. The molecule has 4 heteroatoms. The molecule has 0 aliphatic carbocycles. The number of nitrogens with zero attached hydrogens (tertiary/aromatic N) is 2. The van der Waals surface area contributed by atoms with Gasteiger partial charge >= 0.3 is 0 Å². The maximum Gasteiger partial charge on any atom is 0.185 e. The standard InChI is InChI=1S/C13H23N3S/c1-4-11-12(10(3)14)17-13(15-11)16-7-5-9(2)6-8-16/h9-10H,4-8,14H2,1-3H3. The highest BCUT2D eigenvalue weighted by Gasteiger charge is 2.21. The zero-order chi connectivity index (χ0) is 12.4. The maximum atomic E-state index is 6.01. The van der Waals surface area contributed by atoms with Crippen molar-refractivity contribution in [2.24, 2.45) is 11.7 Å². The van der Waals surface area contributed by atoms with Crippen molar-refractivity contribution in [3.05, 3.63) is 10.6 Å². The highest BCUT2D eigenvalue weighted by atomic mass is 32.1. The van der Waals surface area contributed by atoms with Crippen LogP contribution in [0.2, 0.25) is 0 Å². The molecule has 0 aromatic carbocycles. The molecule has 1 fully saturated rings. The Bertz CT molecular complexity index is 365. The molecule has 1 aromatic rings. The first-order valence-electron chi connectivity index (χ1n) is 6.62. The van der Waals surface area contributed by atoms with E-state index >= 15 is 0 Å². The number of hydrogen-bond acceptors (Lipinski definition) is 4. The van der Waals surface area contributed by atoms with E-state index < -0.39 is 0 Å². The summed E-state index contributed by atoms with van der Waals surface area (Å²) in [7, 11) is 0. The smallest absolute Gasteiger partial charge is 0.185 e. The van der Waals surface area contributed by atoms with Gasteiger partial charge in [-0.3, -0.25) is 0 Å². The summed E-state index contributed by atoms with van der Waals surface area (Å²) in [5, 5.41) is 1.18. The monoisotopic (exact) mass is 253 g/mol. The van der Waals surface area contributed by atoms with Gasteiger partial charge in [0, 0.05) is 24.0 Å². The Labute approximate surface area is 108 Å². The largest absolute Gasteiger partial charge is 0.348 e. The molecular weight excluding hydrogens is 230 g/mol. The summed E-state index contributed by atoms with van der Waals surface area (Å²) >= 11 is 1.79. The molecule has 2 rings (SSSR count). The van der Waals surface area contributed by atoms with Crippen LogP contribution < -0.4 is 10.6 Å². The lowest BCUT2D eigenvalue weighted by atomic mass is 10.00. The highest BCUT2D eigenvalue weighted by Crippen LogP contribution is 2.32. The number of nitrogens with two attached hydrogens (primary N) is 1. The molecule has 1 unspecified atom stereocenters. The fraction of sp³-hybridized carbons (Fsp3) is 0.769. The third kappa shape index (κ3) is 2.80. The van der Waals surface area contributed by atoms with Gasteiger partial charge in [0.1, 0.15) is 0 Å². The summed E-state index contributed by atoms with van der Waals surface area (Å²) < 4.78 is 0. The Morgan fingerprint density at radius 3 is 2.59 bits per heavy atom. The van der Waals surface area contributed by atoms with Gasteiger partial charge in [-0.2, -0.15) is 0 Å². The van der Waals surface area contributed by atoms with Crippen LogP contribution in [0.1, 0.15) is 50.2 Å². The average Bonchev–Trinajstić information content (AvgIpc) is 2.74. The molecule has 3 nitrogen and oxygen atoms in total. The predicted octanol–water partition coefficient (Wildman–Crippen LogP) is 2.96. The van der Waals surface area contributed by atoms with Gasteiger partial charge in [-0.05, 0) is 32.1 Å². The Morgan fingerprint density at radius 1 is 1.47 bits per heavy atom. The number of piperidine rings is 1.